The zero-order valence-electron chi connectivity index (χ0n) is 11.4. The maximum atomic E-state index is 5.62. The molecule has 1 saturated heterocycles. The van der Waals surface area contributed by atoms with Gasteiger partial charge in [-0.15, -0.1) is 0 Å². The number of hydrogen-bond acceptors (Lipinski definition) is 2. The quantitative estimate of drug-likeness (QED) is 0.728. The summed E-state index contributed by atoms with van der Waals surface area (Å²) in [4.78, 5) is 4.78. The van der Waals surface area contributed by atoms with E-state index in [0.29, 0.717) is 6.04 Å². The third-order valence-corrected chi connectivity index (χ3v) is 5.43. The number of fused-ring (bicyclic) bond motifs is 2. The van der Waals surface area contributed by atoms with Crippen molar-refractivity contribution in [1.82, 2.24) is 15.1 Å². The van der Waals surface area contributed by atoms with Gasteiger partial charge in [0.15, 0.2) is 5.11 Å². The molecule has 18 heavy (non-hydrogen) atoms. The second-order valence-corrected chi connectivity index (χ2v) is 6.76. The Morgan fingerprint density at radius 3 is 2.72 bits per heavy atom. The summed E-state index contributed by atoms with van der Waals surface area (Å²) >= 11 is 5.62. The van der Waals surface area contributed by atoms with Crippen molar-refractivity contribution in [3.63, 3.8) is 0 Å². The van der Waals surface area contributed by atoms with Crippen molar-refractivity contribution >= 4 is 17.3 Å². The van der Waals surface area contributed by atoms with Gasteiger partial charge < -0.3 is 15.1 Å². The number of thiocarbonyl (C=S) groups is 1. The number of likely N-dealkylation sites (N-methyl/N-ethyl adjacent to an activating group) is 1. The number of nitrogens with zero attached hydrogens (tertiary/aromatic N) is 2. The molecule has 1 aliphatic heterocycles. The molecule has 3 rings (SSSR count). The van der Waals surface area contributed by atoms with Crippen molar-refractivity contribution in [3.05, 3.63) is 0 Å². The van der Waals surface area contributed by atoms with Gasteiger partial charge in [0, 0.05) is 25.7 Å². The van der Waals surface area contributed by atoms with E-state index in [1.54, 1.807) is 0 Å². The van der Waals surface area contributed by atoms with Gasteiger partial charge in [0.25, 0.3) is 0 Å². The maximum Gasteiger partial charge on any atom is 0.169 e. The van der Waals surface area contributed by atoms with E-state index in [4.69, 9.17) is 12.2 Å². The fourth-order valence-electron chi connectivity index (χ4n) is 3.92. The number of hydrogen-bond donors (Lipinski definition) is 1. The summed E-state index contributed by atoms with van der Waals surface area (Å²) in [6, 6.07) is 0.678. The fraction of sp³-hybridized carbons (Fsp3) is 0.929. The van der Waals surface area contributed by atoms with Crippen molar-refractivity contribution in [3.8, 4) is 0 Å². The van der Waals surface area contributed by atoms with Gasteiger partial charge in [-0.1, -0.05) is 6.42 Å². The summed E-state index contributed by atoms with van der Waals surface area (Å²) in [6.07, 6.45) is 6.93. The van der Waals surface area contributed by atoms with Crippen LogP contribution in [0.25, 0.3) is 0 Å². The van der Waals surface area contributed by atoms with Crippen LogP contribution in [-0.2, 0) is 0 Å². The normalized spacial score (nSPS) is 36.7. The highest BCUT2D eigenvalue weighted by atomic mass is 32.1. The second-order valence-electron chi connectivity index (χ2n) is 6.37. The van der Waals surface area contributed by atoms with Gasteiger partial charge in [-0.25, -0.2) is 0 Å². The second kappa shape index (κ2) is 5.33. The molecule has 4 heteroatoms. The molecule has 102 valence electrons. The molecule has 3 unspecified atom stereocenters. The van der Waals surface area contributed by atoms with E-state index in [-0.39, 0.29) is 0 Å². The Morgan fingerprint density at radius 1 is 1.11 bits per heavy atom. The molecule has 3 atom stereocenters. The third-order valence-electron chi connectivity index (χ3n) is 5.05. The van der Waals surface area contributed by atoms with E-state index in [1.807, 2.05) is 0 Å². The molecule has 0 radical (unpaired) electrons. The van der Waals surface area contributed by atoms with E-state index < -0.39 is 0 Å². The minimum atomic E-state index is 0.678. The molecule has 1 N–H and O–H groups in total. The van der Waals surface area contributed by atoms with E-state index in [0.717, 1.165) is 36.6 Å². The Labute approximate surface area is 116 Å². The molecule has 0 aromatic rings. The van der Waals surface area contributed by atoms with Crippen LogP contribution in [-0.4, -0.2) is 54.2 Å². The zero-order chi connectivity index (χ0) is 12.5. The average molecular weight is 267 g/mol. The van der Waals surface area contributed by atoms with Gasteiger partial charge in [0.05, 0.1) is 0 Å². The lowest BCUT2D eigenvalue weighted by molar-refractivity contribution is 0.338. The van der Waals surface area contributed by atoms with Crippen LogP contribution >= 0.6 is 12.2 Å². The van der Waals surface area contributed by atoms with Crippen LogP contribution in [0.4, 0.5) is 0 Å². The summed E-state index contributed by atoms with van der Waals surface area (Å²) in [5.41, 5.74) is 0. The lowest BCUT2D eigenvalue weighted by atomic mass is 9.95. The van der Waals surface area contributed by atoms with Crippen LogP contribution in [0.15, 0.2) is 0 Å². The average Bonchev–Trinajstić information content (AvgIpc) is 2.88. The fourth-order valence-corrected chi connectivity index (χ4v) is 4.25. The minimum absolute atomic E-state index is 0.678. The summed E-state index contributed by atoms with van der Waals surface area (Å²) in [7, 11) is 2.20. The van der Waals surface area contributed by atoms with Gasteiger partial charge >= 0.3 is 0 Å². The van der Waals surface area contributed by atoms with Crippen LogP contribution in [0.1, 0.15) is 32.1 Å². The first-order valence-corrected chi connectivity index (χ1v) is 7.87. The van der Waals surface area contributed by atoms with Crippen molar-refractivity contribution in [2.75, 3.05) is 33.2 Å². The Balaban J connectivity index is 1.51. The summed E-state index contributed by atoms with van der Waals surface area (Å²) in [5, 5.41) is 4.68. The highest BCUT2D eigenvalue weighted by Crippen LogP contribution is 2.44. The number of nitrogens with one attached hydrogen (secondary N) is 1. The lowest BCUT2D eigenvalue weighted by Gasteiger charge is -2.30. The van der Waals surface area contributed by atoms with Crippen molar-refractivity contribution in [1.29, 1.82) is 0 Å². The van der Waals surface area contributed by atoms with Crippen LogP contribution in [0.3, 0.4) is 0 Å². The third kappa shape index (κ3) is 2.64. The monoisotopic (exact) mass is 267 g/mol. The smallest absolute Gasteiger partial charge is 0.169 e. The van der Waals surface area contributed by atoms with Crippen molar-refractivity contribution < 1.29 is 0 Å². The Kier molecular flexibility index (Phi) is 3.76. The molecule has 3 nitrogen and oxygen atoms in total. The topological polar surface area (TPSA) is 18.5 Å². The molecule has 1 heterocycles. The van der Waals surface area contributed by atoms with E-state index in [9.17, 15) is 0 Å². The molecule has 0 aromatic carbocycles. The molecular weight excluding hydrogens is 242 g/mol. The van der Waals surface area contributed by atoms with E-state index in [2.05, 4.69) is 22.2 Å². The lowest BCUT2D eigenvalue weighted by Crippen LogP contribution is -2.47. The molecule has 2 bridgehead atoms. The van der Waals surface area contributed by atoms with E-state index >= 15 is 0 Å². The van der Waals surface area contributed by atoms with Crippen molar-refractivity contribution in [2.24, 2.45) is 11.8 Å². The van der Waals surface area contributed by atoms with Crippen LogP contribution in [0, 0.1) is 11.8 Å². The first kappa shape index (κ1) is 12.7. The van der Waals surface area contributed by atoms with E-state index in [1.165, 1.54) is 38.6 Å². The van der Waals surface area contributed by atoms with Gasteiger partial charge in [-0.2, -0.15) is 0 Å². The molecule has 0 aromatic heterocycles. The number of rotatable bonds is 1. The van der Waals surface area contributed by atoms with Crippen LogP contribution in [0.5, 0.6) is 0 Å². The molecule has 3 aliphatic rings. The molecule has 2 aliphatic carbocycles. The predicted molar refractivity (Wildman–Crippen MR) is 78.7 cm³/mol. The standard InChI is InChI=1S/C14H25N3S/c1-16-5-2-6-17(8-7-16)14(18)15-13-10-11-3-4-12(13)9-11/h11-13H,2-10H2,1H3,(H,15,18). The Bertz CT molecular complexity index is 320. The first-order chi connectivity index (χ1) is 8.72. The highest BCUT2D eigenvalue weighted by molar-refractivity contribution is 7.80. The zero-order valence-corrected chi connectivity index (χ0v) is 12.2. The largest absolute Gasteiger partial charge is 0.360 e. The summed E-state index contributed by atoms with van der Waals surface area (Å²) < 4.78 is 0. The minimum Gasteiger partial charge on any atom is -0.360 e. The molecular formula is C14H25N3S. The molecule has 2 saturated carbocycles. The summed E-state index contributed by atoms with van der Waals surface area (Å²) in [5.74, 6) is 1.90. The van der Waals surface area contributed by atoms with Gasteiger partial charge in [0.2, 0.25) is 0 Å². The van der Waals surface area contributed by atoms with Gasteiger partial charge in [-0.05, 0) is 63.3 Å². The van der Waals surface area contributed by atoms with Crippen LogP contribution < -0.4 is 5.32 Å². The van der Waals surface area contributed by atoms with Gasteiger partial charge in [-0.3, -0.25) is 0 Å². The molecule has 0 amide bonds. The maximum absolute atomic E-state index is 5.62. The molecule has 0 spiro atoms. The first-order valence-electron chi connectivity index (χ1n) is 7.46. The van der Waals surface area contributed by atoms with Crippen LogP contribution in [0.2, 0.25) is 0 Å². The van der Waals surface area contributed by atoms with Crippen molar-refractivity contribution in [2.45, 2.75) is 38.1 Å². The summed E-state index contributed by atoms with van der Waals surface area (Å²) in [6.45, 7) is 4.55. The highest BCUT2D eigenvalue weighted by Gasteiger charge is 2.40. The Morgan fingerprint density at radius 2 is 2.00 bits per heavy atom. The Hall–Kier alpha value is -0.350. The SMILES string of the molecule is CN1CCCN(C(=S)NC2CC3CCC2C3)CC1. The molecule has 3 fully saturated rings. The predicted octanol–water partition coefficient (Wildman–Crippen LogP) is 1.69. The van der Waals surface area contributed by atoms with Gasteiger partial charge in [0.1, 0.15) is 0 Å².